The quantitative estimate of drug-likeness (QED) is 0.718. The molecule has 0 spiro atoms. The Morgan fingerprint density at radius 3 is 2.44 bits per heavy atom. The topological polar surface area (TPSA) is 42.9 Å². The Morgan fingerprint density at radius 2 is 1.81 bits per heavy atom. The zero-order valence-corrected chi connectivity index (χ0v) is 9.27. The van der Waals surface area contributed by atoms with Crippen LogP contribution < -0.4 is 0 Å². The molecule has 0 aliphatic carbocycles. The van der Waals surface area contributed by atoms with Gasteiger partial charge >= 0.3 is 0 Å². The van der Waals surface area contributed by atoms with E-state index < -0.39 is 0 Å². The van der Waals surface area contributed by atoms with E-state index in [9.17, 15) is 4.79 Å². The first-order valence-corrected chi connectivity index (χ1v) is 5.06. The van der Waals surface area contributed by atoms with Crippen molar-refractivity contribution in [2.24, 2.45) is 0 Å². The number of hydrogen-bond donors (Lipinski definition) is 0. The molecule has 1 aromatic carbocycles. The highest BCUT2D eigenvalue weighted by Crippen LogP contribution is 2.20. The second kappa shape index (κ2) is 4.23. The van der Waals surface area contributed by atoms with Gasteiger partial charge in [-0.3, -0.25) is 4.79 Å². The maximum absolute atomic E-state index is 10.6. The smallest absolute Gasteiger partial charge is 0.193 e. The molecule has 0 unspecified atom stereocenters. The van der Waals surface area contributed by atoms with Gasteiger partial charge in [0.05, 0.1) is 5.69 Å². The molecule has 0 saturated carbocycles. The first-order chi connectivity index (χ1) is 7.70. The Morgan fingerprint density at radius 1 is 1.12 bits per heavy atom. The summed E-state index contributed by atoms with van der Waals surface area (Å²) < 4.78 is 0. The molecule has 0 bridgehead atoms. The third kappa shape index (κ3) is 1.98. The predicted molar refractivity (Wildman–Crippen MR) is 62.3 cm³/mol. The van der Waals surface area contributed by atoms with Crippen molar-refractivity contribution in [2.45, 2.75) is 13.8 Å². The van der Waals surface area contributed by atoms with E-state index in [4.69, 9.17) is 0 Å². The van der Waals surface area contributed by atoms with E-state index in [2.05, 4.69) is 9.97 Å². The molecule has 80 valence electrons. The van der Waals surface area contributed by atoms with Crippen LogP contribution in [0.4, 0.5) is 0 Å². The van der Waals surface area contributed by atoms with Crippen molar-refractivity contribution in [3.05, 3.63) is 47.4 Å². The third-order valence-electron chi connectivity index (χ3n) is 2.42. The average Bonchev–Trinajstić information content (AvgIpc) is 2.31. The third-order valence-corrected chi connectivity index (χ3v) is 2.42. The van der Waals surface area contributed by atoms with Crippen LogP contribution in [0.1, 0.15) is 21.7 Å². The van der Waals surface area contributed by atoms with E-state index in [1.165, 1.54) is 5.56 Å². The first-order valence-electron chi connectivity index (χ1n) is 5.06. The zero-order valence-electron chi connectivity index (χ0n) is 9.27. The van der Waals surface area contributed by atoms with Gasteiger partial charge in [0.2, 0.25) is 0 Å². The fourth-order valence-electron chi connectivity index (χ4n) is 1.52. The molecule has 3 heteroatoms. The summed E-state index contributed by atoms with van der Waals surface area (Å²) in [6, 6.07) is 8.05. The van der Waals surface area contributed by atoms with Crippen LogP contribution in [-0.2, 0) is 0 Å². The number of carbonyl (C=O) groups is 1. The maximum atomic E-state index is 10.6. The fraction of sp³-hybridized carbons (Fsp3) is 0.154. The average molecular weight is 212 g/mol. The van der Waals surface area contributed by atoms with Gasteiger partial charge in [-0.25, -0.2) is 9.97 Å². The monoisotopic (exact) mass is 212 g/mol. The lowest BCUT2D eigenvalue weighted by Crippen LogP contribution is -1.97. The van der Waals surface area contributed by atoms with Crippen LogP contribution in [0, 0.1) is 13.8 Å². The number of nitrogens with zero attached hydrogens (tertiary/aromatic N) is 2. The Kier molecular flexibility index (Phi) is 2.77. The Bertz CT molecular complexity index is 518. The molecule has 2 rings (SSSR count). The SMILES string of the molecule is Cc1ccc(-c2nc(C=O)ncc2C)cc1. The van der Waals surface area contributed by atoms with Crippen molar-refractivity contribution in [1.82, 2.24) is 9.97 Å². The van der Waals surface area contributed by atoms with Crippen LogP contribution in [-0.4, -0.2) is 16.3 Å². The molecule has 0 N–H and O–H groups in total. The normalized spacial score (nSPS) is 10.1. The molecule has 0 fully saturated rings. The van der Waals surface area contributed by atoms with Gasteiger partial charge in [-0.2, -0.15) is 0 Å². The number of aldehydes is 1. The van der Waals surface area contributed by atoms with Crippen molar-refractivity contribution < 1.29 is 4.79 Å². The van der Waals surface area contributed by atoms with E-state index in [1.807, 2.05) is 38.1 Å². The van der Waals surface area contributed by atoms with Crippen LogP contribution in [0.2, 0.25) is 0 Å². The highest BCUT2D eigenvalue weighted by Gasteiger charge is 2.05. The van der Waals surface area contributed by atoms with Crippen LogP contribution >= 0.6 is 0 Å². The highest BCUT2D eigenvalue weighted by atomic mass is 16.1. The van der Waals surface area contributed by atoms with Gasteiger partial charge in [-0.05, 0) is 19.4 Å². The summed E-state index contributed by atoms with van der Waals surface area (Å²) in [6.07, 6.45) is 2.34. The minimum Gasteiger partial charge on any atom is -0.294 e. The molecular formula is C13H12N2O. The molecule has 0 aliphatic rings. The molecule has 1 heterocycles. The molecule has 0 aliphatic heterocycles. The molecule has 16 heavy (non-hydrogen) atoms. The van der Waals surface area contributed by atoms with E-state index in [-0.39, 0.29) is 5.82 Å². The van der Waals surface area contributed by atoms with Gasteiger partial charge in [-0.1, -0.05) is 29.8 Å². The van der Waals surface area contributed by atoms with Crippen molar-refractivity contribution in [2.75, 3.05) is 0 Å². The van der Waals surface area contributed by atoms with Gasteiger partial charge in [0, 0.05) is 11.8 Å². The molecular weight excluding hydrogens is 200 g/mol. The van der Waals surface area contributed by atoms with E-state index in [0.717, 1.165) is 16.8 Å². The standard InChI is InChI=1S/C13H12N2O/c1-9-3-5-11(6-4-9)13-10(2)7-14-12(8-16)15-13/h3-8H,1-2H3. The summed E-state index contributed by atoms with van der Waals surface area (Å²) in [4.78, 5) is 18.8. The summed E-state index contributed by atoms with van der Waals surface area (Å²) in [5, 5.41) is 0. The van der Waals surface area contributed by atoms with Crippen molar-refractivity contribution >= 4 is 6.29 Å². The molecule has 2 aromatic rings. The van der Waals surface area contributed by atoms with E-state index in [1.54, 1.807) is 6.20 Å². The number of benzene rings is 1. The lowest BCUT2D eigenvalue weighted by molar-refractivity contribution is 0.111. The zero-order chi connectivity index (χ0) is 11.5. The van der Waals surface area contributed by atoms with Crippen LogP contribution in [0.15, 0.2) is 30.5 Å². The lowest BCUT2D eigenvalue weighted by atomic mass is 10.1. The number of hydrogen-bond acceptors (Lipinski definition) is 3. The van der Waals surface area contributed by atoms with Crippen molar-refractivity contribution in [3.63, 3.8) is 0 Å². The minimum absolute atomic E-state index is 0.223. The van der Waals surface area contributed by atoms with Crippen LogP contribution in [0.5, 0.6) is 0 Å². The molecule has 0 saturated heterocycles. The molecule has 1 aromatic heterocycles. The van der Waals surface area contributed by atoms with Crippen molar-refractivity contribution in [3.8, 4) is 11.3 Å². The van der Waals surface area contributed by atoms with Gasteiger partial charge in [0.1, 0.15) is 0 Å². The van der Waals surface area contributed by atoms with Gasteiger partial charge in [0.25, 0.3) is 0 Å². The number of aryl methyl sites for hydroxylation is 2. The molecule has 0 atom stereocenters. The molecule has 3 nitrogen and oxygen atoms in total. The van der Waals surface area contributed by atoms with Gasteiger partial charge in [0.15, 0.2) is 12.1 Å². The fourth-order valence-corrected chi connectivity index (χ4v) is 1.52. The van der Waals surface area contributed by atoms with Crippen LogP contribution in [0.25, 0.3) is 11.3 Å². The maximum Gasteiger partial charge on any atom is 0.193 e. The van der Waals surface area contributed by atoms with Gasteiger partial charge < -0.3 is 0 Å². The second-order valence-electron chi connectivity index (χ2n) is 3.74. The number of carbonyl (C=O) groups excluding carboxylic acids is 1. The largest absolute Gasteiger partial charge is 0.294 e. The highest BCUT2D eigenvalue weighted by molar-refractivity contribution is 5.72. The number of aromatic nitrogens is 2. The Labute approximate surface area is 94.2 Å². The Balaban J connectivity index is 2.54. The molecule has 0 radical (unpaired) electrons. The summed E-state index contributed by atoms with van der Waals surface area (Å²) >= 11 is 0. The summed E-state index contributed by atoms with van der Waals surface area (Å²) in [5.74, 6) is 0.223. The summed E-state index contributed by atoms with van der Waals surface area (Å²) in [7, 11) is 0. The van der Waals surface area contributed by atoms with Crippen molar-refractivity contribution in [1.29, 1.82) is 0 Å². The van der Waals surface area contributed by atoms with Crippen LogP contribution in [0.3, 0.4) is 0 Å². The first kappa shape index (κ1) is 10.5. The predicted octanol–water partition coefficient (Wildman–Crippen LogP) is 2.57. The van der Waals surface area contributed by atoms with E-state index in [0.29, 0.717) is 6.29 Å². The number of rotatable bonds is 2. The second-order valence-corrected chi connectivity index (χ2v) is 3.74. The summed E-state index contributed by atoms with van der Waals surface area (Å²) in [5.41, 5.74) is 3.99. The molecule has 0 amide bonds. The van der Waals surface area contributed by atoms with Gasteiger partial charge in [-0.15, -0.1) is 0 Å². The van der Waals surface area contributed by atoms with E-state index >= 15 is 0 Å². The summed E-state index contributed by atoms with van der Waals surface area (Å²) in [6.45, 7) is 3.97. The lowest BCUT2D eigenvalue weighted by Gasteiger charge is -2.05. The Hall–Kier alpha value is -2.03. The minimum atomic E-state index is 0.223.